The molecule has 0 atom stereocenters. The minimum absolute atomic E-state index is 0.305. The Hall–Kier alpha value is -0.420. The van der Waals surface area contributed by atoms with E-state index in [1.807, 2.05) is 11.8 Å². The van der Waals surface area contributed by atoms with Crippen molar-refractivity contribution in [1.29, 1.82) is 0 Å². The molecule has 0 aliphatic rings. The second-order valence-corrected chi connectivity index (χ2v) is 4.45. The summed E-state index contributed by atoms with van der Waals surface area (Å²) < 4.78 is 0. The zero-order chi connectivity index (χ0) is 11.0. The fraction of sp³-hybridized carbons (Fsp3) is 0.889. The normalized spacial score (nSPS) is 12.8. The zero-order valence-electron chi connectivity index (χ0n) is 9.23. The molecule has 0 saturated carbocycles. The van der Waals surface area contributed by atoms with Crippen molar-refractivity contribution in [2.24, 2.45) is 10.9 Å². The van der Waals surface area contributed by atoms with Crippen molar-refractivity contribution in [3.8, 4) is 0 Å². The van der Waals surface area contributed by atoms with Crippen LogP contribution < -0.4 is 5.73 Å². The first-order valence-corrected chi connectivity index (χ1v) is 6.20. The van der Waals surface area contributed by atoms with E-state index in [0.29, 0.717) is 18.3 Å². The Morgan fingerprint density at radius 1 is 1.50 bits per heavy atom. The molecule has 5 heteroatoms. The van der Waals surface area contributed by atoms with Gasteiger partial charge in [-0.25, -0.2) is 0 Å². The van der Waals surface area contributed by atoms with Gasteiger partial charge in [0.1, 0.15) is 5.84 Å². The summed E-state index contributed by atoms with van der Waals surface area (Å²) in [5.74, 6) is 1.42. The van der Waals surface area contributed by atoms with Crippen LogP contribution in [0.25, 0.3) is 0 Å². The first-order chi connectivity index (χ1) is 6.61. The maximum Gasteiger partial charge on any atom is 0.140 e. The summed E-state index contributed by atoms with van der Waals surface area (Å²) in [5, 5.41) is 11.4. The molecule has 3 N–H and O–H groups in total. The third kappa shape index (κ3) is 6.10. The van der Waals surface area contributed by atoms with Crippen molar-refractivity contribution in [1.82, 2.24) is 4.90 Å². The van der Waals surface area contributed by atoms with E-state index in [1.54, 1.807) is 0 Å². The van der Waals surface area contributed by atoms with Crippen molar-refractivity contribution < 1.29 is 5.21 Å². The zero-order valence-corrected chi connectivity index (χ0v) is 10.0. The summed E-state index contributed by atoms with van der Waals surface area (Å²) in [6.07, 6.45) is 2.73. The molecule has 0 aliphatic carbocycles. The van der Waals surface area contributed by atoms with Crippen LogP contribution >= 0.6 is 11.8 Å². The summed E-state index contributed by atoms with van der Waals surface area (Å²) in [6, 6.07) is 0.508. The van der Waals surface area contributed by atoms with E-state index in [-0.39, 0.29) is 0 Å². The number of hydrogen-bond donors (Lipinski definition) is 2. The van der Waals surface area contributed by atoms with Gasteiger partial charge in [0.2, 0.25) is 0 Å². The van der Waals surface area contributed by atoms with E-state index >= 15 is 0 Å². The molecule has 0 fully saturated rings. The molecular formula is C9H21N3OS. The summed E-state index contributed by atoms with van der Waals surface area (Å²) in [6.45, 7) is 6.23. The van der Waals surface area contributed by atoms with E-state index in [2.05, 4.69) is 30.2 Å². The maximum atomic E-state index is 8.40. The molecule has 0 aliphatic heterocycles. The third-order valence-electron chi connectivity index (χ3n) is 2.10. The molecule has 0 amide bonds. The van der Waals surface area contributed by atoms with Crippen molar-refractivity contribution in [2.75, 3.05) is 25.1 Å². The van der Waals surface area contributed by atoms with Crippen molar-refractivity contribution in [2.45, 2.75) is 26.3 Å². The maximum absolute atomic E-state index is 8.40. The molecule has 84 valence electrons. The largest absolute Gasteiger partial charge is 0.409 e. The van der Waals surface area contributed by atoms with Gasteiger partial charge in [-0.15, -0.1) is 0 Å². The first kappa shape index (κ1) is 13.6. The van der Waals surface area contributed by atoms with Crippen LogP contribution in [0.3, 0.4) is 0 Å². The molecule has 14 heavy (non-hydrogen) atoms. The molecule has 0 rings (SSSR count). The SMILES string of the molecule is CSCCN(CCC(N)=NO)C(C)C. The highest BCUT2D eigenvalue weighted by Gasteiger charge is 2.09. The standard InChI is InChI=1S/C9H21N3OS/c1-8(2)12(6-7-14-3)5-4-9(10)11-13/h8,13H,4-7H2,1-3H3,(H2,10,11). The molecular weight excluding hydrogens is 198 g/mol. The minimum atomic E-state index is 0.305. The quantitative estimate of drug-likeness (QED) is 0.292. The highest BCUT2D eigenvalue weighted by molar-refractivity contribution is 7.98. The van der Waals surface area contributed by atoms with Gasteiger partial charge in [0, 0.05) is 31.3 Å². The molecule has 0 spiro atoms. The van der Waals surface area contributed by atoms with Gasteiger partial charge in [-0.2, -0.15) is 11.8 Å². The van der Waals surface area contributed by atoms with Crippen molar-refractivity contribution >= 4 is 17.6 Å². The number of thioether (sulfide) groups is 1. The number of nitrogens with zero attached hydrogens (tertiary/aromatic N) is 2. The lowest BCUT2D eigenvalue weighted by Gasteiger charge is -2.25. The topological polar surface area (TPSA) is 61.8 Å². The second-order valence-electron chi connectivity index (χ2n) is 3.46. The summed E-state index contributed by atoms with van der Waals surface area (Å²) >= 11 is 1.83. The van der Waals surface area contributed by atoms with Gasteiger partial charge in [-0.05, 0) is 20.1 Å². The van der Waals surface area contributed by atoms with Gasteiger partial charge < -0.3 is 10.9 Å². The number of nitrogens with two attached hydrogens (primary N) is 1. The van der Waals surface area contributed by atoms with Crippen LogP contribution in [-0.4, -0.2) is 47.1 Å². The average molecular weight is 219 g/mol. The van der Waals surface area contributed by atoms with Crippen molar-refractivity contribution in [3.63, 3.8) is 0 Å². The van der Waals surface area contributed by atoms with Crippen LogP contribution in [-0.2, 0) is 0 Å². The van der Waals surface area contributed by atoms with Gasteiger partial charge in [-0.1, -0.05) is 5.16 Å². The van der Waals surface area contributed by atoms with Gasteiger partial charge in [-0.3, -0.25) is 4.90 Å². The summed E-state index contributed by atoms with van der Waals surface area (Å²) in [4.78, 5) is 2.33. The Morgan fingerprint density at radius 2 is 2.14 bits per heavy atom. The molecule has 0 radical (unpaired) electrons. The first-order valence-electron chi connectivity index (χ1n) is 4.81. The Morgan fingerprint density at radius 3 is 2.57 bits per heavy atom. The lowest BCUT2D eigenvalue weighted by atomic mass is 10.3. The molecule has 0 unspecified atom stereocenters. The van der Waals surface area contributed by atoms with Crippen molar-refractivity contribution in [3.05, 3.63) is 0 Å². The number of oxime groups is 1. The van der Waals surface area contributed by atoms with E-state index in [4.69, 9.17) is 10.9 Å². The number of amidine groups is 1. The Balaban J connectivity index is 3.84. The van der Waals surface area contributed by atoms with E-state index in [9.17, 15) is 0 Å². The minimum Gasteiger partial charge on any atom is -0.409 e. The van der Waals surface area contributed by atoms with E-state index in [1.165, 1.54) is 0 Å². The molecule has 0 bridgehead atoms. The summed E-state index contributed by atoms with van der Waals surface area (Å²) in [5.41, 5.74) is 5.42. The monoisotopic (exact) mass is 219 g/mol. The third-order valence-corrected chi connectivity index (χ3v) is 2.69. The molecule has 0 aromatic heterocycles. The van der Waals surface area contributed by atoms with E-state index < -0.39 is 0 Å². The molecule has 4 nitrogen and oxygen atoms in total. The van der Waals surface area contributed by atoms with Crippen LogP contribution in [0.1, 0.15) is 20.3 Å². The lowest BCUT2D eigenvalue weighted by molar-refractivity contribution is 0.240. The predicted octanol–water partition coefficient (Wildman–Crippen LogP) is 1.20. The molecule has 0 heterocycles. The highest BCUT2D eigenvalue weighted by atomic mass is 32.2. The Bertz CT molecular complexity index is 173. The summed E-state index contributed by atoms with van der Waals surface area (Å²) in [7, 11) is 0. The number of hydrogen-bond acceptors (Lipinski definition) is 4. The fourth-order valence-corrected chi connectivity index (χ4v) is 1.56. The van der Waals surface area contributed by atoms with Crippen LogP contribution in [0, 0.1) is 0 Å². The van der Waals surface area contributed by atoms with Crippen LogP contribution in [0.4, 0.5) is 0 Å². The van der Waals surface area contributed by atoms with Gasteiger partial charge in [0.25, 0.3) is 0 Å². The smallest absolute Gasteiger partial charge is 0.140 e. The van der Waals surface area contributed by atoms with Gasteiger partial charge >= 0.3 is 0 Å². The van der Waals surface area contributed by atoms with E-state index in [0.717, 1.165) is 18.8 Å². The van der Waals surface area contributed by atoms with Gasteiger partial charge in [0.15, 0.2) is 0 Å². The molecule has 0 aromatic carbocycles. The van der Waals surface area contributed by atoms with Gasteiger partial charge in [0.05, 0.1) is 0 Å². The molecule has 0 saturated heterocycles. The Labute approximate surface area is 90.5 Å². The average Bonchev–Trinajstić information content (AvgIpc) is 2.16. The second kappa shape index (κ2) is 7.94. The molecule has 0 aromatic rings. The fourth-order valence-electron chi connectivity index (χ4n) is 1.14. The predicted molar refractivity (Wildman–Crippen MR) is 63.1 cm³/mol. The lowest BCUT2D eigenvalue weighted by Crippen LogP contribution is -2.35. The Kier molecular flexibility index (Phi) is 7.70. The number of rotatable bonds is 7. The van der Waals surface area contributed by atoms with Crippen LogP contribution in [0.15, 0.2) is 5.16 Å². The van der Waals surface area contributed by atoms with Crippen LogP contribution in [0.5, 0.6) is 0 Å². The van der Waals surface area contributed by atoms with Crippen LogP contribution in [0.2, 0.25) is 0 Å². The highest BCUT2D eigenvalue weighted by Crippen LogP contribution is 2.02.